The molecule has 11 fully saturated rings. The lowest BCUT2D eigenvalue weighted by atomic mass is 9.52. The third kappa shape index (κ3) is 7.35. The molecule has 1 spiro atoms. The fraction of sp³-hybridized carbons (Fsp3) is 1.00. The number of hydrogen-bond acceptors (Lipinski definition) is 1. The Morgan fingerprint density at radius 1 is 0.417 bits per heavy atom. The maximum atomic E-state index is 3.35. The van der Waals surface area contributed by atoms with Crippen LogP contribution in [0.3, 0.4) is 0 Å². The van der Waals surface area contributed by atoms with Gasteiger partial charge < -0.3 is 0 Å². The van der Waals surface area contributed by atoms with E-state index in [0.717, 1.165) is 124 Å². The van der Waals surface area contributed by atoms with Crippen LogP contribution in [0.4, 0.5) is 0 Å². The predicted octanol–water partition coefficient (Wildman–Crippen LogP) is 16.6. The fourth-order valence-corrected chi connectivity index (χ4v) is 22.6. The number of fused-ring (bicyclic) bond motifs is 11. The second-order valence-electron chi connectivity index (χ2n) is 26.2. The first-order chi connectivity index (χ1) is 29.6. The summed E-state index contributed by atoms with van der Waals surface area (Å²) in [6.45, 7) is 9.84. The third-order valence-electron chi connectivity index (χ3n) is 24.6. The van der Waals surface area contributed by atoms with Gasteiger partial charge in [0.1, 0.15) is 0 Å². The van der Waals surface area contributed by atoms with Gasteiger partial charge in [0, 0.05) is 18.6 Å². The highest BCUT2D eigenvalue weighted by molar-refractivity contribution is 5.20. The van der Waals surface area contributed by atoms with Crippen LogP contribution in [-0.2, 0) is 0 Å². The minimum atomic E-state index is 0.760. The minimum absolute atomic E-state index is 0.760. The SMILES string of the molecule is CCCC(CN(C1CCC(C2CCCC2)CC1)C1CCC(C2CCC3CCC4C(C(C)C(C)C32)C2CCCCC2C42C3CCCCC3C3CCCCC32)C1)C1CCCCC1. The summed E-state index contributed by atoms with van der Waals surface area (Å²) in [5.74, 6) is 19.1. The summed E-state index contributed by atoms with van der Waals surface area (Å²) in [6.07, 6.45) is 53.5. The fourth-order valence-electron chi connectivity index (χ4n) is 22.6. The molecule has 0 radical (unpaired) electrons. The first-order valence-electron chi connectivity index (χ1n) is 29.3. The standard InChI is InChI=1S/C59H99N/c1-4-16-46(42-17-6-5-7-18-42)38-60(47-32-27-43(28-33-47)41-19-8-9-20-41)48-34-29-45(37-48)49-35-30-44-31-36-56-58(40(3)39(2)57(44)49)52-23-12-15-26-55(52)59(56)53-24-13-10-21-50(53)51-22-11-14-25-54(51)59/h39-58H,4-38H2,1-3H3. The van der Waals surface area contributed by atoms with E-state index in [9.17, 15) is 0 Å². The van der Waals surface area contributed by atoms with Crippen molar-refractivity contribution < 1.29 is 0 Å². The van der Waals surface area contributed by atoms with Gasteiger partial charge in [-0.15, -0.1) is 0 Å². The molecule has 0 aliphatic heterocycles. The summed E-state index contributed by atoms with van der Waals surface area (Å²) in [5, 5.41) is 0. The Morgan fingerprint density at radius 3 is 1.62 bits per heavy atom. The molecule has 60 heavy (non-hydrogen) atoms. The van der Waals surface area contributed by atoms with Crippen LogP contribution >= 0.6 is 0 Å². The Kier molecular flexibility index (Phi) is 13.0. The van der Waals surface area contributed by atoms with Gasteiger partial charge in [-0.3, -0.25) is 4.90 Å². The molecule has 16 atom stereocenters. The highest BCUT2D eigenvalue weighted by Crippen LogP contribution is 2.78. The molecule has 0 heterocycles. The monoisotopic (exact) mass is 822 g/mol. The Morgan fingerprint density at radius 2 is 0.933 bits per heavy atom. The number of nitrogens with zero attached hydrogens (tertiary/aromatic N) is 1. The zero-order valence-corrected chi connectivity index (χ0v) is 40.2. The molecule has 0 aromatic rings. The van der Waals surface area contributed by atoms with Crippen LogP contribution in [-0.4, -0.2) is 23.5 Å². The van der Waals surface area contributed by atoms with Crippen LogP contribution in [0.5, 0.6) is 0 Å². The number of hydrogen-bond donors (Lipinski definition) is 0. The van der Waals surface area contributed by atoms with Gasteiger partial charge in [0.05, 0.1) is 0 Å². The van der Waals surface area contributed by atoms with Gasteiger partial charge in [0.15, 0.2) is 0 Å². The van der Waals surface area contributed by atoms with E-state index in [1.165, 1.54) is 51.5 Å². The van der Waals surface area contributed by atoms with Crippen LogP contribution in [0.15, 0.2) is 0 Å². The van der Waals surface area contributed by atoms with Crippen molar-refractivity contribution in [3.8, 4) is 0 Å². The highest BCUT2D eigenvalue weighted by Gasteiger charge is 2.72. The van der Waals surface area contributed by atoms with E-state index in [0.29, 0.717) is 0 Å². The topological polar surface area (TPSA) is 3.24 Å². The van der Waals surface area contributed by atoms with Gasteiger partial charge in [0.25, 0.3) is 0 Å². The summed E-state index contributed by atoms with van der Waals surface area (Å²) in [6, 6.07) is 1.81. The van der Waals surface area contributed by atoms with Gasteiger partial charge in [0.2, 0.25) is 0 Å². The van der Waals surface area contributed by atoms with E-state index >= 15 is 0 Å². The second-order valence-corrected chi connectivity index (χ2v) is 26.2. The molecule has 11 aliphatic carbocycles. The Bertz CT molecular complexity index is 1360. The molecule has 340 valence electrons. The molecule has 0 amide bonds. The maximum Gasteiger partial charge on any atom is 0.0101 e. The molecule has 11 rings (SSSR count). The third-order valence-corrected chi connectivity index (χ3v) is 24.6. The lowest BCUT2D eigenvalue weighted by Crippen LogP contribution is -2.48. The lowest BCUT2D eigenvalue weighted by molar-refractivity contribution is -0.0450. The Balaban J connectivity index is 0.834. The van der Waals surface area contributed by atoms with Crippen LogP contribution in [0.1, 0.15) is 239 Å². The molecule has 16 unspecified atom stereocenters. The minimum Gasteiger partial charge on any atom is -0.297 e. The molecular formula is C59H99N. The van der Waals surface area contributed by atoms with E-state index in [4.69, 9.17) is 0 Å². The lowest BCUT2D eigenvalue weighted by Gasteiger charge is -2.52. The predicted molar refractivity (Wildman–Crippen MR) is 254 cm³/mol. The van der Waals surface area contributed by atoms with Gasteiger partial charge in [-0.2, -0.15) is 0 Å². The molecule has 1 nitrogen and oxygen atoms in total. The first-order valence-corrected chi connectivity index (χ1v) is 29.3. The van der Waals surface area contributed by atoms with E-state index < -0.39 is 0 Å². The molecule has 0 aromatic heterocycles. The van der Waals surface area contributed by atoms with Crippen LogP contribution < -0.4 is 0 Å². The van der Waals surface area contributed by atoms with Crippen molar-refractivity contribution in [2.24, 2.45) is 112 Å². The molecule has 0 N–H and O–H groups in total. The Labute approximate surface area is 373 Å². The zero-order chi connectivity index (χ0) is 40.4. The normalized spacial score (nSPS) is 50.5. The van der Waals surface area contributed by atoms with Gasteiger partial charge in [-0.1, -0.05) is 124 Å². The van der Waals surface area contributed by atoms with Crippen molar-refractivity contribution in [2.45, 2.75) is 251 Å². The molecular weight excluding hydrogens is 723 g/mol. The van der Waals surface area contributed by atoms with E-state index in [-0.39, 0.29) is 0 Å². The van der Waals surface area contributed by atoms with Crippen molar-refractivity contribution in [3.63, 3.8) is 0 Å². The average Bonchev–Trinajstić information content (AvgIpc) is 4.15. The summed E-state index contributed by atoms with van der Waals surface area (Å²) in [4.78, 5) is 3.35. The molecule has 11 saturated carbocycles. The average molecular weight is 822 g/mol. The van der Waals surface area contributed by atoms with Crippen molar-refractivity contribution in [1.29, 1.82) is 0 Å². The van der Waals surface area contributed by atoms with Crippen LogP contribution in [0, 0.1) is 112 Å². The highest BCUT2D eigenvalue weighted by atomic mass is 15.2. The molecule has 0 saturated heterocycles. The summed E-state index contributed by atoms with van der Waals surface area (Å²) < 4.78 is 0. The smallest absolute Gasteiger partial charge is 0.0101 e. The second kappa shape index (κ2) is 18.3. The number of rotatable bonds is 9. The molecule has 0 bridgehead atoms. The molecule has 0 aromatic carbocycles. The molecule has 1 heteroatoms. The van der Waals surface area contributed by atoms with Gasteiger partial charge in [-0.05, 0) is 228 Å². The van der Waals surface area contributed by atoms with Crippen molar-refractivity contribution in [3.05, 3.63) is 0 Å². The van der Waals surface area contributed by atoms with E-state index in [1.807, 2.05) is 0 Å². The quantitative estimate of drug-likeness (QED) is 0.224. The zero-order valence-electron chi connectivity index (χ0n) is 40.2. The molecule has 11 aliphatic rings. The van der Waals surface area contributed by atoms with Crippen LogP contribution in [0.2, 0.25) is 0 Å². The Hall–Kier alpha value is -0.0400. The summed E-state index contributed by atoms with van der Waals surface area (Å²) in [7, 11) is 0. The van der Waals surface area contributed by atoms with Crippen molar-refractivity contribution >= 4 is 0 Å². The largest absolute Gasteiger partial charge is 0.297 e. The first kappa shape index (κ1) is 42.6. The van der Waals surface area contributed by atoms with Crippen LogP contribution in [0.25, 0.3) is 0 Å². The van der Waals surface area contributed by atoms with Gasteiger partial charge in [-0.25, -0.2) is 0 Å². The van der Waals surface area contributed by atoms with E-state index in [2.05, 4.69) is 25.7 Å². The maximum absolute atomic E-state index is 3.35. The van der Waals surface area contributed by atoms with Gasteiger partial charge >= 0.3 is 0 Å². The summed E-state index contributed by atoms with van der Waals surface area (Å²) in [5.41, 5.74) is 0.760. The van der Waals surface area contributed by atoms with Crippen molar-refractivity contribution in [2.75, 3.05) is 6.54 Å². The summed E-state index contributed by atoms with van der Waals surface area (Å²) >= 11 is 0. The van der Waals surface area contributed by atoms with Crippen molar-refractivity contribution in [1.82, 2.24) is 4.90 Å². The van der Waals surface area contributed by atoms with E-state index in [1.54, 1.807) is 173 Å².